The largest absolute Gasteiger partial charge is 0.359 e. The Morgan fingerprint density at radius 2 is 2.18 bits per heavy atom. The van der Waals surface area contributed by atoms with Gasteiger partial charge in [0.05, 0.1) is 5.52 Å². The molecule has 1 radical (unpaired) electrons. The zero-order valence-corrected chi connectivity index (χ0v) is 5.49. The quantitative estimate of drug-likeness (QED) is 0.595. The lowest BCUT2D eigenvalue weighted by atomic mass is 10.2. The van der Waals surface area contributed by atoms with E-state index >= 15 is 0 Å². The van der Waals surface area contributed by atoms with Crippen LogP contribution in [0.2, 0.25) is 0 Å². The van der Waals surface area contributed by atoms with Crippen molar-refractivity contribution in [3.63, 3.8) is 0 Å². The average molecular weight is 152 g/mol. The fourth-order valence-electron chi connectivity index (χ4n) is 1.01. The first kappa shape index (κ1) is 6.34. The SMILES string of the molecule is Fc1[c]cc2cc[nH]c2c1F. The molecule has 2 rings (SSSR count). The first-order valence-electron chi connectivity index (χ1n) is 3.12. The number of hydrogen-bond donors (Lipinski definition) is 1. The number of benzene rings is 1. The maximum atomic E-state index is 12.8. The maximum absolute atomic E-state index is 12.8. The summed E-state index contributed by atoms with van der Waals surface area (Å²) in [5.41, 5.74) is 0.196. The van der Waals surface area contributed by atoms with Crippen molar-refractivity contribution in [1.29, 1.82) is 0 Å². The Bertz CT molecular complexity index is 392. The van der Waals surface area contributed by atoms with Crippen molar-refractivity contribution in [2.24, 2.45) is 0 Å². The van der Waals surface area contributed by atoms with Crippen LogP contribution in [0.1, 0.15) is 0 Å². The summed E-state index contributed by atoms with van der Waals surface area (Å²) in [6.07, 6.45) is 1.56. The molecule has 0 spiro atoms. The standard InChI is InChI=1S/C8H4F2N/c9-6-2-1-5-3-4-11-8(5)7(6)10/h1,3-4,11H. The van der Waals surface area contributed by atoms with Gasteiger partial charge in [-0.3, -0.25) is 0 Å². The highest BCUT2D eigenvalue weighted by atomic mass is 19.2. The number of H-pyrrole nitrogens is 1. The second-order valence-corrected chi connectivity index (χ2v) is 2.22. The molecular weight excluding hydrogens is 148 g/mol. The molecule has 11 heavy (non-hydrogen) atoms. The number of halogens is 2. The zero-order valence-electron chi connectivity index (χ0n) is 5.49. The normalized spacial score (nSPS) is 10.7. The Morgan fingerprint density at radius 3 is 3.00 bits per heavy atom. The Balaban J connectivity index is 2.93. The molecule has 0 aliphatic carbocycles. The van der Waals surface area contributed by atoms with Crippen LogP contribution in [0.4, 0.5) is 8.78 Å². The third kappa shape index (κ3) is 0.808. The molecule has 1 heterocycles. The van der Waals surface area contributed by atoms with Crippen molar-refractivity contribution in [2.45, 2.75) is 0 Å². The summed E-state index contributed by atoms with van der Waals surface area (Å²) >= 11 is 0. The molecule has 1 aromatic heterocycles. The second kappa shape index (κ2) is 2.05. The number of fused-ring (bicyclic) bond motifs is 1. The highest BCUT2D eigenvalue weighted by molar-refractivity contribution is 5.79. The minimum atomic E-state index is -0.944. The molecule has 0 aliphatic rings. The average Bonchev–Trinajstić information content (AvgIpc) is 2.45. The molecule has 1 N–H and O–H groups in total. The summed E-state index contributed by atoms with van der Waals surface area (Å²) < 4.78 is 25.3. The number of hydrogen-bond acceptors (Lipinski definition) is 0. The summed E-state index contributed by atoms with van der Waals surface area (Å²) in [5, 5.41) is 0.629. The van der Waals surface area contributed by atoms with Gasteiger partial charge in [-0.2, -0.15) is 0 Å². The molecule has 0 amide bonds. The Morgan fingerprint density at radius 1 is 1.36 bits per heavy atom. The lowest BCUT2D eigenvalue weighted by Gasteiger charge is -1.92. The Kier molecular flexibility index (Phi) is 1.18. The van der Waals surface area contributed by atoms with Crippen molar-refractivity contribution >= 4 is 10.9 Å². The topological polar surface area (TPSA) is 15.8 Å². The zero-order chi connectivity index (χ0) is 7.84. The van der Waals surface area contributed by atoms with Gasteiger partial charge >= 0.3 is 0 Å². The highest BCUT2D eigenvalue weighted by Gasteiger charge is 2.06. The summed E-state index contributed by atoms with van der Waals surface area (Å²) in [6.45, 7) is 0. The van der Waals surface area contributed by atoms with Crippen molar-refractivity contribution in [3.05, 3.63) is 36.0 Å². The molecule has 0 saturated heterocycles. The molecular formula is C8H4F2N. The lowest BCUT2D eigenvalue weighted by Crippen LogP contribution is -1.84. The van der Waals surface area contributed by atoms with E-state index in [1.54, 1.807) is 12.3 Å². The van der Waals surface area contributed by atoms with E-state index in [9.17, 15) is 8.78 Å². The second-order valence-electron chi connectivity index (χ2n) is 2.22. The third-order valence-corrected chi connectivity index (χ3v) is 1.55. The Hall–Kier alpha value is -1.38. The van der Waals surface area contributed by atoms with E-state index in [1.807, 2.05) is 0 Å². The van der Waals surface area contributed by atoms with Crippen LogP contribution in [0.3, 0.4) is 0 Å². The molecule has 1 nitrogen and oxygen atoms in total. The van der Waals surface area contributed by atoms with Crippen molar-refractivity contribution in [1.82, 2.24) is 4.98 Å². The first-order valence-corrected chi connectivity index (χ1v) is 3.12. The molecule has 2 aromatic rings. The van der Waals surface area contributed by atoms with Crippen molar-refractivity contribution in [3.8, 4) is 0 Å². The molecule has 0 aliphatic heterocycles. The monoisotopic (exact) mass is 152 g/mol. The highest BCUT2D eigenvalue weighted by Crippen LogP contribution is 2.17. The van der Waals surface area contributed by atoms with Gasteiger partial charge in [-0.15, -0.1) is 0 Å². The van der Waals surface area contributed by atoms with Gasteiger partial charge in [-0.1, -0.05) is 0 Å². The summed E-state index contributed by atoms with van der Waals surface area (Å²) in [5.74, 6) is -1.81. The smallest absolute Gasteiger partial charge is 0.183 e. The van der Waals surface area contributed by atoms with Gasteiger partial charge in [-0.05, 0) is 12.1 Å². The van der Waals surface area contributed by atoms with Gasteiger partial charge in [0, 0.05) is 17.6 Å². The van der Waals surface area contributed by atoms with E-state index in [4.69, 9.17) is 0 Å². The number of nitrogens with one attached hydrogen (secondary N) is 1. The van der Waals surface area contributed by atoms with Crippen molar-refractivity contribution < 1.29 is 8.78 Å². The molecule has 0 unspecified atom stereocenters. The van der Waals surface area contributed by atoms with Crippen LogP contribution in [0, 0.1) is 17.7 Å². The summed E-state index contributed by atoms with van der Waals surface area (Å²) in [4.78, 5) is 2.59. The van der Waals surface area contributed by atoms with E-state index in [0.29, 0.717) is 5.39 Å². The van der Waals surface area contributed by atoms with Gasteiger partial charge in [0.2, 0.25) is 0 Å². The Labute approximate surface area is 61.7 Å². The fourth-order valence-corrected chi connectivity index (χ4v) is 1.01. The van der Waals surface area contributed by atoms with Gasteiger partial charge in [-0.25, -0.2) is 8.78 Å². The fraction of sp³-hybridized carbons (Fsp3) is 0. The van der Waals surface area contributed by atoms with E-state index in [1.165, 1.54) is 6.07 Å². The van der Waals surface area contributed by atoms with E-state index < -0.39 is 11.6 Å². The van der Waals surface area contributed by atoms with Crippen LogP contribution in [-0.4, -0.2) is 4.98 Å². The molecule has 0 atom stereocenters. The summed E-state index contributed by atoms with van der Waals surface area (Å²) in [7, 11) is 0. The predicted molar refractivity (Wildman–Crippen MR) is 37.1 cm³/mol. The predicted octanol–water partition coefficient (Wildman–Crippen LogP) is 2.25. The summed E-state index contributed by atoms with van der Waals surface area (Å²) in [6, 6.07) is 5.24. The molecule has 3 heteroatoms. The van der Waals surface area contributed by atoms with Gasteiger partial charge in [0.15, 0.2) is 11.6 Å². The van der Waals surface area contributed by atoms with Crippen LogP contribution in [0.5, 0.6) is 0 Å². The number of rotatable bonds is 0. The molecule has 1 aromatic carbocycles. The van der Waals surface area contributed by atoms with Gasteiger partial charge in [0.1, 0.15) is 0 Å². The maximum Gasteiger partial charge on any atom is 0.183 e. The molecule has 55 valence electrons. The van der Waals surface area contributed by atoms with Gasteiger partial charge < -0.3 is 4.98 Å². The molecule has 0 fully saturated rings. The van der Waals surface area contributed by atoms with Crippen LogP contribution in [-0.2, 0) is 0 Å². The van der Waals surface area contributed by atoms with E-state index in [0.717, 1.165) is 0 Å². The molecule has 0 bridgehead atoms. The van der Waals surface area contributed by atoms with Crippen LogP contribution >= 0.6 is 0 Å². The van der Waals surface area contributed by atoms with Gasteiger partial charge in [0.25, 0.3) is 0 Å². The number of aromatic amines is 1. The minimum Gasteiger partial charge on any atom is -0.359 e. The van der Waals surface area contributed by atoms with Crippen LogP contribution in [0.15, 0.2) is 18.3 Å². The van der Waals surface area contributed by atoms with Crippen LogP contribution < -0.4 is 0 Å². The van der Waals surface area contributed by atoms with E-state index in [-0.39, 0.29) is 5.52 Å². The van der Waals surface area contributed by atoms with E-state index in [2.05, 4.69) is 11.1 Å². The van der Waals surface area contributed by atoms with Crippen molar-refractivity contribution in [2.75, 3.05) is 0 Å². The van der Waals surface area contributed by atoms with Crippen LogP contribution in [0.25, 0.3) is 10.9 Å². The first-order chi connectivity index (χ1) is 5.29. The lowest BCUT2D eigenvalue weighted by molar-refractivity contribution is 0.514. The minimum absolute atomic E-state index is 0.196. The third-order valence-electron chi connectivity index (χ3n) is 1.55. The number of aromatic nitrogens is 1. The molecule has 0 saturated carbocycles.